The first-order chi connectivity index (χ1) is 5.70. The lowest BCUT2D eigenvalue weighted by Crippen LogP contribution is -2.18. The van der Waals surface area contributed by atoms with Crippen molar-refractivity contribution in [3.8, 4) is 0 Å². The first kappa shape index (κ1) is 7.40. The van der Waals surface area contributed by atoms with Gasteiger partial charge in [-0.3, -0.25) is 4.98 Å². The molecule has 0 saturated heterocycles. The Morgan fingerprint density at radius 1 is 1.42 bits per heavy atom. The van der Waals surface area contributed by atoms with Gasteiger partial charge >= 0.3 is 0 Å². The van der Waals surface area contributed by atoms with Crippen molar-refractivity contribution in [1.82, 2.24) is 4.98 Å². The lowest BCUT2D eigenvalue weighted by molar-refractivity contribution is -0.00683. The maximum atomic E-state index is 13.1. The van der Waals surface area contributed by atoms with E-state index in [4.69, 9.17) is 0 Å². The van der Waals surface area contributed by atoms with Gasteiger partial charge in [0.05, 0.1) is 0 Å². The second-order valence-electron chi connectivity index (χ2n) is 2.75. The molecule has 1 aromatic rings. The van der Waals surface area contributed by atoms with Crippen LogP contribution in [0.3, 0.4) is 0 Å². The van der Waals surface area contributed by atoms with E-state index in [-0.39, 0.29) is 12.1 Å². The van der Waals surface area contributed by atoms with Crippen LogP contribution in [0.1, 0.15) is 17.7 Å². The lowest BCUT2D eigenvalue weighted by Gasteiger charge is -2.19. The number of allylic oxidation sites excluding steroid dienone is 1. The SMILES string of the molecule is FC1(F)CC=Cc2cccnc21. The molecule has 0 aliphatic heterocycles. The zero-order valence-corrected chi connectivity index (χ0v) is 6.30. The summed E-state index contributed by atoms with van der Waals surface area (Å²) >= 11 is 0. The fourth-order valence-electron chi connectivity index (χ4n) is 1.29. The van der Waals surface area contributed by atoms with E-state index in [1.54, 1.807) is 18.2 Å². The summed E-state index contributed by atoms with van der Waals surface area (Å²) in [4.78, 5) is 3.67. The molecule has 0 spiro atoms. The van der Waals surface area contributed by atoms with Gasteiger partial charge in [0.1, 0.15) is 5.69 Å². The number of nitrogens with zero attached hydrogens (tertiary/aromatic N) is 1. The van der Waals surface area contributed by atoms with Crippen LogP contribution >= 0.6 is 0 Å². The predicted octanol–water partition coefficient (Wildman–Crippen LogP) is 2.59. The molecule has 0 saturated carbocycles. The van der Waals surface area contributed by atoms with Crippen molar-refractivity contribution in [2.24, 2.45) is 0 Å². The third-order valence-corrected chi connectivity index (χ3v) is 1.86. The van der Waals surface area contributed by atoms with Crippen LogP contribution in [0.5, 0.6) is 0 Å². The van der Waals surface area contributed by atoms with E-state index in [2.05, 4.69) is 4.98 Å². The van der Waals surface area contributed by atoms with Crippen molar-refractivity contribution in [3.05, 3.63) is 35.7 Å². The largest absolute Gasteiger partial charge is 0.293 e. The molecule has 2 rings (SSSR count). The molecule has 0 bridgehead atoms. The molecule has 62 valence electrons. The van der Waals surface area contributed by atoms with Crippen LogP contribution in [0.15, 0.2) is 24.4 Å². The zero-order chi connectivity index (χ0) is 8.60. The van der Waals surface area contributed by atoms with E-state index in [9.17, 15) is 8.78 Å². The van der Waals surface area contributed by atoms with Gasteiger partial charge < -0.3 is 0 Å². The van der Waals surface area contributed by atoms with E-state index in [1.165, 1.54) is 12.3 Å². The number of hydrogen-bond acceptors (Lipinski definition) is 1. The summed E-state index contributed by atoms with van der Waals surface area (Å²) in [5.41, 5.74) is 0.418. The second-order valence-corrected chi connectivity index (χ2v) is 2.75. The monoisotopic (exact) mass is 167 g/mol. The Kier molecular flexibility index (Phi) is 1.46. The topological polar surface area (TPSA) is 12.9 Å². The van der Waals surface area contributed by atoms with Gasteiger partial charge in [-0.2, -0.15) is 8.78 Å². The van der Waals surface area contributed by atoms with Crippen molar-refractivity contribution in [2.45, 2.75) is 12.3 Å². The van der Waals surface area contributed by atoms with Crippen LogP contribution in [0.4, 0.5) is 8.78 Å². The molecule has 1 nitrogen and oxygen atoms in total. The predicted molar refractivity (Wildman–Crippen MR) is 41.8 cm³/mol. The highest BCUT2D eigenvalue weighted by molar-refractivity contribution is 5.55. The third kappa shape index (κ3) is 1.02. The summed E-state index contributed by atoms with van der Waals surface area (Å²) in [6, 6.07) is 3.30. The Morgan fingerprint density at radius 3 is 3.00 bits per heavy atom. The van der Waals surface area contributed by atoms with Crippen molar-refractivity contribution < 1.29 is 8.78 Å². The molecule has 1 aliphatic rings. The molecule has 0 aromatic carbocycles. The molecule has 0 fully saturated rings. The quantitative estimate of drug-likeness (QED) is 0.578. The number of aromatic nitrogens is 1. The number of alkyl halides is 2. The normalized spacial score (nSPS) is 18.8. The maximum absolute atomic E-state index is 13.1. The Hall–Kier alpha value is -1.25. The van der Waals surface area contributed by atoms with Gasteiger partial charge in [0.2, 0.25) is 0 Å². The minimum Gasteiger partial charge on any atom is -0.254 e. The van der Waals surface area contributed by atoms with E-state index in [1.807, 2.05) is 0 Å². The highest BCUT2D eigenvalue weighted by Gasteiger charge is 2.35. The van der Waals surface area contributed by atoms with Gasteiger partial charge in [0, 0.05) is 18.2 Å². The fourth-order valence-corrected chi connectivity index (χ4v) is 1.29. The van der Waals surface area contributed by atoms with Crippen LogP contribution in [-0.4, -0.2) is 4.98 Å². The highest BCUT2D eigenvalue weighted by Crippen LogP contribution is 2.36. The molecule has 0 radical (unpaired) electrons. The van der Waals surface area contributed by atoms with E-state index < -0.39 is 5.92 Å². The van der Waals surface area contributed by atoms with E-state index in [0.29, 0.717) is 5.56 Å². The van der Waals surface area contributed by atoms with Gasteiger partial charge in [-0.1, -0.05) is 18.2 Å². The Labute approximate surface area is 68.7 Å². The molecule has 0 unspecified atom stereocenters. The van der Waals surface area contributed by atoms with Crippen LogP contribution in [0.25, 0.3) is 6.08 Å². The number of hydrogen-bond donors (Lipinski definition) is 0. The third-order valence-electron chi connectivity index (χ3n) is 1.86. The van der Waals surface area contributed by atoms with Crippen LogP contribution in [0.2, 0.25) is 0 Å². The summed E-state index contributed by atoms with van der Waals surface area (Å²) in [6.07, 6.45) is 4.31. The maximum Gasteiger partial charge on any atom is 0.293 e. The Bertz CT molecular complexity index is 331. The van der Waals surface area contributed by atoms with Crippen molar-refractivity contribution in [1.29, 1.82) is 0 Å². The van der Waals surface area contributed by atoms with Gasteiger partial charge in [0.15, 0.2) is 0 Å². The number of rotatable bonds is 0. The molecule has 1 heterocycles. The minimum absolute atomic E-state index is 0.104. The molecule has 0 N–H and O–H groups in total. The van der Waals surface area contributed by atoms with Gasteiger partial charge in [0.25, 0.3) is 5.92 Å². The zero-order valence-electron chi connectivity index (χ0n) is 6.30. The molecule has 1 aromatic heterocycles. The lowest BCUT2D eigenvalue weighted by atomic mass is 10.00. The van der Waals surface area contributed by atoms with Crippen molar-refractivity contribution in [2.75, 3.05) is 0 Å². The Balaban J connectivity index is 2.60. The first-order valence-electron chi connectivity index (χ1n) is 3.70. The number of fused-ring (bicyclic) bond motifs is 1. The standard InChI is InChI=1S/C9H7F2N/c10-9(11)5-1-3-7-4-2-6-12-8(7)9/h1-4,6H,5H2. The summed E-state index contributed by atoms with van der Waals surface area (Å²) < 4.78 is 26.2. The smallest absolute Gasteiger partial charge is 0.254 e. The first-order valence-corrected chi connectivity index (χ1v) is 3.70. The van der Waals surface area contributed by atoms with E-state index >= 15 is 0 Å². The second kappa shape index (κ2) is 2.37. The summed E-state index contributed by atoms with van der Waals surface area (Å²) in [7, 11) is 0. The van der Waals surface area contributed by atoms with Gasteiger partial charge in [-0.05, 0) is 6.07 Å². The van der Waals surface area contributed by atoms with E-state index in [0.717, 1.165) is 0 Å². The Morgan fingerprint density at radius 2 is 2.25 bits per heavy atom. The minimum atomic E-state index is -2.79. The van der Waals surface area contributed by atoms with Crippen LogP contribution in [-0.2, 0) is 5.92 Å². The van der Waals surface area contributed by atoms with Crippen molar-refractivity contribution >= 4 is 6.08 Å². The molecule has 12 heavy (non-hydrogen) atoms. The molecule has 3 heteroatoms. The number of halogens is 2. The molecule has 1 aliphatic carbocycles. The molecular formula is C9H7F2N. The van der Waals surface area contributed by atoms with Crippen molar-refractivity contribution in [3.63, 3.8) is 0 Å². The summed E-state index contributed by atoms with van der Waals surface area (Å²) in [6.45, 7) is 0. The molecule has 0 atom stereocenters. The van der Waals surface area contributed by atoms with Gasteiger partial charge in [-0.25, -0.2) is 0 Å². The fraction of sp³-hybridized carbons (Fsp3) is 0.222. The molecule has 0 amide bonds. The van der Waals surface area contributed by atoms with Gasteiger partial charge in [-0.15, -0.1) is 0 Å². The average molecular weight is 167 g/mol. The highest BCUT2D eigenvalue weighted by atomic mass is 19.3. The summed E-state index contributed by atoms with van der Waals surface area (Å²) in [5.74, 6) is -2.79. The van der Waals surface area contributed by atoms with Crippen LogP contribution < -0.4 is 0 Å². The van der Waals surface area contributed by atoms with Crippen LogP contribution in [0, 0.1) is 0 Å². The summed E-state index contributed by atoms with van der Waals surface area (Å²) in [5, 5.41) is 0. The average Bonchev–Trinajstić information content (AvgIpc) is 2.04. The molecular weight excluding hydrogens is 160 g/mol. The number of pyridine rings is 1.